The topological polar surface area (TPSA) is 161 Å². The van der Waals surface area contributed by atoms with E-state index in [1.165, 1.54) is 4.90 Å². The van der Waals surface area contributed by atoms with Crippen LogP contribution < -0.4 is 30.7 Å². The summed E-state index contributed by atoms with van der Waals surface area (Å²) in [6.07, 6.45) is 3.38. The maximum absolute atomic E-state index is 12.4. The monoisotopic (exact) mass is 532 g/mol. The van der Waals surface area contributed by atoms with Gasteiger partial charge in [-0.2, -0.15) is 0 Å². The van der Waals surface area contributed by atoms with E-state index in [0.717, 1.165) is 30.5 Å². The Morgan fingerprint density at radius 1 is 1.35 bits per heavy atom. The molecule has 0 saturated carbocycles. The Bertz CT molecular complexity index is 1180. The fraction of sp³-hybridized carbons (Fsp3) is 0.500. The lowest BCUT2D eigenvalue weighted by atomic mass is 10.1. The molecule has 13 heteroatoms. The highest BCUT2D eigenvalue weighted by Gasteiger charge is 2.34. The fourth-order valence-corrected chi connectivity index (χ4v) is 4.93. The predicted molar refractivity (Wildman–Crippen MR) is 134 cm³/mol. The third kappa shape index (κ3) is 5.72. The third-order valence-corrected chi connectivity index (χ3v) is 6.92. The number of fused-ring (bicyclic) bond motifs is 2. The first kappa shape index (κ1) is 25.5. The van der Waals surface area contributed by atoms with Gasteiger partial charge in [0.25, 0.3) is 5.91 Å². The average molecular weight is 533 g/mol. The molecule has 1 saturated heterocycles. The van der Waals surface area contributed by atoms with Gasteiger partial charge in [-0.3, -0.25) is 9.69 Å². The van der Waals surface area contributed by atoms with Gasteiger partial charge in [0.2, 0.25) is 5.88 Å². The van der Waals surface area contributed by atoms with Crippen LogP contribution in [0.4, 0.5) is 16.4 Å². The van der Waals surface area contributed by atoms with Gasteiger partial charge < -0.3 is 35.7 Å². The fourth-order valence-electron chi connectivity index (χ4n) is 4.63. The zero-order chi connectivity index (χ0) is 25.9. The van der Waals surface area contributed by atoms with Gasteiger partial charge in [0, 0.05) is 6.20 Å². The van der Waals surface area contributed by atoms with Crippen molar-refractivity contribution in [1.82, 2.24) is 15.3 Å². The zero-order valence-corrected chi connectivity index (χ0v) is 20.9. The van der Waals surface area contributed by atoms with E-state index >= 15 is 0 Å². The summed E-state index contributed by atoms with van der Waals surface area (Å²) in [5, 5.41) is 15.7. The maximum atomic E-state index is 12.4. The molecule has 0 aromatic carbocycles. The van der Waals surface area contributed by atoms with Gasteiger partial charge in [-0.1, -0.05) is 11.6 Å². The van der Waals surface area contributed by atoms with Crippen LogP contribution >= 0.6 is 11.6 Å². The van der Waals surface area contributed by atoms with Crippen molar-refractivity contribution < 1.29 is 28.9 Å². The molecule has 3 unspecified atom stereocenters. The van der Waals surface area contributed by atoms with E-state index in [4.69, 9.17) is 36.7 Å². The SMILES string of the molecule is NC(CO)COc1ncc2c(c1Cl)CC(CNCCC1CN(c3ccc4c(n3)NC(=O)CO4)C(=O)O1)C2. The molecule has 4 heterocycles. The molecule has 0 bridgehead atoms. The Hall–Kier alpha value is -3.19. The quantitative estimate of drug-likeness (QED) is 0.323. The van der Waals surface area contributed by atoms with Crippen LogP contribution in [0.2, 0.25) is 5.02 Å². The Balaban J connectivity index is 1.07. The van der Waals surface area contributed by atoms with Crippen LogP contribution in [0.15, 0.2) is 18.3 Å². The number of anilines is 2. The first-order valence-electron chi connectivity index (χ1n) is 12.2. The van der Waals surface area contributed by atoms with E-state index in [9.17, 15) is 9.59 Å². The van der Waals surface area contributed by atoms with Crippen molar-refractivity contribution >= 4 is 35.2 Å². The molecule has 2 amide bonds. The molecule has 2 aromatic rings. The van der Waals surface area contributed by atoms with Crippen molar-refractivity contribution in [2.75, 3.05) is 49.7 Å². The normalized spacial score (nSPS) is 21.1. The predicted octanol–water partition coefficient (Wildman–Crippen LogP) is 0.879. The number of hydrogen-bond donors (Lipinski definition) is 4. The van der Waals surface area contributed by atoms with Crippen molar-refractivity contribution in [2.45, 2.75) is 31.4 Å². The van der Waals surface area contributed by atoms with E-state index in [0.29, 0.717) is 53.7 Å². The van der Waals surface area contributed by atoms with Gasteiger partial charge in [0.1, 0.15) is 23.6 Å². The molecule has 1 fully saturated rings. The van der Waals surface area contributed by atoms with Crippen LogP contribution in [-0.2, 0) is 22.4 Å². The Morgan fingerprint density at radius 3 is 3.05 bits per heavy atom. The first-order valence-corrected chi connectivity index (χ1v) is 12.6. The highest BCUT2D eigenvalue weighted by molar-refractivity contribution is 6.32. The summed E-state index contributed by atoms with van der Waals surface area (Å²) in [6, 6.07) is 2.87. The number of ether oxygens (including phenoxy) is 3. The number of aliphatic hydroxyl groups is 1. The van der Waals surface area contributed by atoms with Crippen molar-refractivity contribution in [2.24, 2.45) is 11.7 Å². The average Bonchev–Trinajstić information content (AvgIpc) is 3.49. The first-order chi connectivity index (χ1) is 17.9. The lowest BCUT2D eigenvalue weighted by Gasteiger charge is -2.19. The van der Waals surface area contributed by atoms with E-state index in [1.807, 2.05) is 0 Å². The summed E-state index contributed by atoms with van der Waals surface area (Å²) >= 11 is 6.52. The number of nitrogens with one attached hydrogen (secondary N) is 2. The van der Waals surface area contributed by atoms with E-state index in [1.54, 1.807) is 18.3 Å². The number of pyridine rings is 2. The molecule has 198 valence electrons. The lowest BCUT2D eigenvalue weighted by Crippen LogP contribution is -2.31. The van der Waals surface area contributed by atoms with Gasteiger partial charge in [0.15, 0.2) is 18.2 Å². The molecule has 0 spiro atoms. The molecule has 3 atom stereocenters. The summed E-state index contributed by atoms with van der Waals surface area (Å²) in [4.78, 5) is 34.1. The van der Waals surface area contributed by atoms with Crippen molar-refractivity contribution in [3.8, 4) is 11.6 Å². The number of cyclic esters (lactones) is 1. The number of halogens is 1. The summed E-state index contributed by atoms with van der Waals surface area (Å²) in [5.41, 5.74) is 7.83. The second kappa shape index (κ2) is 11.1. The van der Waals surface area contributed by atoms with Gasteiger partial charge in [0.05, 0.1) is 19.2 Å². The van der Waals surface area contributed by atoms with Crippen LogP contribution in [-0.4, -0.2) is 78.7 Å². The molecular formula is C24H29ClN6O6. The zero-order valence-electron chi connectivity index (χ0n) is 20.1. The molecule has 1 aliphatic carbocycles. The number of hydrogen-bond acceptors (Lipinski definition) is 10. The van der Waals surface area contributed by atoms with E-state index in [2.05, 4.69) is 20.6 Å². The summed E-state index contributed by atoms with van der Waals surface area (Å²) in [6.45, 7) is 1.76. The number of aliphatic hydroxyl groups excluding tert-OH is 1. The third-order valence-electron chi connectivity index (χ3n) is 6.53. The van der Waals surface area contributed by atoms with Gasteiger partial charge >= 0.3 is 6.09 Å². The van der Waals surface area contributed by atoms with Gasteiger partial charge in [-0.25, -0.2) is 14.8 Å². The smallest absolute Gasteiger partial charge is 0.415 e. The molecule has 0 radical (unpaired) electrons. The van der Waals surface area contributed by atoms with E-state index in [-0.39, 0.29) is 31.8 Å². The standard InChI is InChI=1S/C24H29ClN6O6/c25-21-17-6-13(5-14(17)8-28-23(21)36-11-15(26)10-32)7-27-4-3-16-9-31(24(34)37-16)19-2-1-18-22(29-19)30-20(33)12-35-18/h1-2,8,13,15-16,27,32H,3-7,9-12,26H2,(H,29,30,33). The molecule has 5 N–H and O–H groups in total. The number of nitrogens with two attached hydrogens (primary N) is 1. The van der Waals surface area contributed by atoms with Crippen LogP contribution in [0.1, 0.15) is 17.5 Å². The second-order valence-corrected chi connectivity index (χ2v) is 9.75. The maximum Gasteiger partial charge on any atom is 0.415 e. The van der Waals surface area contributed by atoms with E-state index < -0.39 is 12.1 Å². The molecule has 3 aliphatic rings. The summed E-state index contributed by atoms with van der Waals surface area (Å²) < 4.78 is 16.4. The minimum Gasteiger partial charge on any atom is -0.480 e. The number of aromatic nitrogens is 2. The molecule has 2 aromatic heterocycles. The molecule has 37 heavy (non-hydrogen) atoms. The lowest BCUT2D eigenvalue weighted by molar-refractivity contribution is -0.118. The van der Waals surface area contributed by atoms with Crippen LogP contribution in [0.5, 0.6) is 11.6 Å². The Kier molecular flexibility index (Phi) is 7.60. The van der Waals surface area contributed by atoms with Crippen LogP contribution in [0.3, 0.4) is 0 Å². The number of carbonyl (C=O) groups excluding carboxylic acids is 2. The molecular weight excluding hydrogens is 504 g/mol. The Labute approximate surface area is 218 Å². The van der Waals surface area contributed by atoms with Crippen molar-refractivity contribution in [1.29, 1.82) is 0 Å². The number of nitrogens with zero attached hydrogens (tertiary/aromatic N) is 3. The minimum atomic E-state index is -0.485. The highest BCUT2D eigenvalue weighted by atomic mass is 35.5. The van der Waals surface area contributed by atoms with Crippen LogP contribution in [0.25, 0.3) is 0 Å². The number of amides is 2. The Morgan fingerprint density at radius 2 is 2.22 bits per heavy atom. The molecule has 2 aliphatic heterocycles. The van der Waals surface area contributed by atoms with Crippen molar-refractivity contribution in [3.05, 3.63) is 34.5 Å². The molecule has 5 rings (SSSR count). The summed E-state index contributed by atoms with van der Waals surface area (Å²) in [7, 11) is 0. The number of rotatable bonds is 10. The van der Waals surface area contributed by atoms with Gasteiger partial charge in [-0.05, 0) is 61.5 Å². The largest absolute Gasteiger partial charge is 0.480 e. The second-order valence-electron chi connectivity index (χ2n) is 9.37. The van der Waals surface area contributed by atoms with Crippen LogP contribution in [0, 0.1) is 5.92 Å². The van der Waals surface area contributed by atoms with Crippen molar-refractivity contribution in [3.63, 3.8) is 0 Å². The number of carbonyl (C=O) groups is 2. The highest BCUT2D eigenvalue weighted by Crippen LogP contribution is 2.36. The van der Waals surface area contributed by atoms with Gasteiger partial charge in [-0.15, -0.1) is 0 Å². The minimum absolute atomic E-state index is 0.0538. The molecule has 12 nitrogen and oxygen atoms in total. The summed E-state index contributed by atoms with van der Waals surface area (Å²) in [5.74, 6) is 1.59.